The minimum Gasteiger partial charge on any atom is -0.455 e. The molecule has 0 spiro atoms. The van der Waals surface area contributed by atoms with Gasteiger partial charge in [0.05, 0.1) is 0 Å². The van der Waals surface area contributed by atoms with Gasteiger partial charge in [0.25, 0.3) is 0 Å². The van der Waals surface area contributed by atoms with E-state index in [9.17, 15) is 4.79 Å². The van der Waals surface area contributed by atoms with E-state index in [-0.39, 0.29) is 0 Å². The van der Waals surface area contributed by atoms with E-state index < -0.39 is 0 Å². The first-order valence-corrected chi connectivity index (χ1v) is 8.91. The van der Waals surface area contributed by atoms with Crippen LogP contribution in [0.2, 0.25) is 0 Å². The van der Waals surface area contributed by atoms with Gasteiger partial charge in [-0.05, 0) is 28.6 Å². The molecule has 0 saturated carbocycles. The summed E-state index contributed by atoms with van der Waals surface area (Å²) in [6.07, 6.45) is 0.904. The average molecular weight is 348 g/mol. The van der Waals surface area contributed by atoms with E-state index in [0.29, 0.717) is 5.56 Å². The number of hydrogen-bond acceptors (Lipinski definition) is 2. The van der Waals surface area contributed by atoms with E-state index in [1.165, 1.54) is 0 Å². The topological polar surface area (TPSA) is 26.3 Å². The maximum atomic E-state index is 11.5. The van der Waals surface area contributed by atoms with Crippen molar-refractivity contribution in [2.45, 2.75) is 0 Å². The largest absolute Gasteiger partial charge is 0.455 e. The molecule has 1 aliphatic rings. The summed E-state index contributed by atoms with van der Waals surface area (Å²) in [5.41, 5.74) is 4.92. The highest BCUT2D eigenvalue weighted by Crippen LogP contribution is 2.45. The maximum absolute atomic E-state index is 11.5. The van der Waals surface area contributed by atoms with Crippen LogP contribution in [0.5, 0.6) is 5.75 Å². The lowest BCUT2D eigenvalue weighted by Crippen LogP contribution is -2.08. The van der Waals surface area contributed by atoms with E-state index >= 15 is 0 Å². The lowest BCUT2D eigenvalue weighted by Gasteiger charge is -2.25. The molecule has 2 nitrogen and oxygen atoms in total. The van der Waals surface area contributed by atoms with Gasteiger partial charge in [-0.25, -0.2) is 0 Å². The zero-order valence-corrected chi connectivity index (χ0v) is 14.6. The molecule has 2 heteroatoms. The average Bonchev–Trinajstić information content (AvgIpc) is 2.75. The zero-order chi connectivity index (χ0) is 18.2. The maximum Gasteiger partial charge on any atom is 0.150 e. The Morgan fingerprint density at radius 1 is 0.667 bits per heavy atom. The van der Waals surface area contributed by atoms with E-state index in [0.717, 1.165) is 50.8 Å². The van der Waals surface area contributed by atoms with Crippen LogP contribution in [0.15, 0.2) is 91.0 Å². The molecule has 0 aliphatic carbocycles. The summed E-state index contributed by atoms with van der Waals surface area (Å²) in [5, 5.41) is 1.90. The Hall–Kier alpha value is -3.65. The van der Waals surface area contributed by atoms with Crippen LogP contribution in [0.1, 0.15) is 27.0 Å². The van der Waals surface area contributed by atoms with Gasteiger partial charge in [-0.2, -0.15) is 0 Å². The number of aldehydes is 1. The van der Waals surface area contributed by atoms with Gasteiger partial charge < -0.3 is 4.74 Å². The smallest absolute Gasteiger partial charge is 0.150 e. The Bertz CT molecular complexity index is 1190. The highest BCUT2D eigenvalue weighted by atomic mass is 16.5. The highest BCUT2D eigenvalue weighted by molar-refractivity contribution is 6.13. The number of rotatable bonds is 3. The van der Waals surface area contributed by atoms with Crippen molar-refractivity contribution in [2.24, 2.45) is 0 Å². The van der Waals surface area contributed by atoms with Gasteiger partial charge in [0.15, 0.2) is 6.29 Å². The van der Waals surface area contributed by atoms with E-state index in [1.54, 1.807) is 0 Å². The molecule has 0 saturated heterocycles. The molecule has 0 aromatic heterocycles. The van der Waals surface area contributed by atoms with Crippen LogP contribution in [0.3, 0.4) is 0 Å². The number of ether oxygens (including phenoxy) is 1. The minimum atomic E-state index is 0.676. The first-order valence-electron chi connectivity index (χ1n) is 8.91. The van der Waals surface area contributed by atoms with Gasteiger partial charge in [-0.3, -0.25) is 4.79 Å². The Kier molecular flexibility index (Phi) is 3.61. The third kappa shape index (κ3) is 2.46. The summed E-state index contributed by atoms with van der Waals surface area (Å²) in [7, 11) is 0. The molecular weight excluding hydrogens is 332 g/mol. The molecule has 0 atom stereocenters. The van der Waals surface area contributed by atoms with Crippen molar-refractivity contribution in [3.05, 3.63) is 113 Å². The van der Waals surface area contributed by atoms with E-state index in [4.69, 9.17) is 4.74 Å². The van der Waals surface area contributed by atoms with Crippen LogP contribution in [-0.2, 0) is 0 Å². The molecule has 128 valence electrons. The molecule has 1 heterocycles. The molecule has 4 aromatic carbocycles. The van der Waals surface area contributed by atoms with E-state index in [2.05, 4.69) is 30.3 Å². The van der Waals surface area contributed by atoms with Crippen molar-refractivity contribution in [3.8, 4) is 5.75 Å². The standard InChI is InChI=1S/C25H16O2/c26-16-19-14-15-22-24-20(19)12-7-13-21(24)23(17-8-3-1-4-9-17)25(27-22)18-10-5-2-6-11-18/h1-16H. The van der Waals surface area contributed by atoms with Crippen molar-refractivity contribution in [1.82, 2.24) is 0 Å². The quantitative estimate of drug-likeness (QED) is 0.427. The molecule has 0 bridgehead atoms. The number of benzene rings is 4. The van der Waals surface area contributed by atoms with Crippen molar-refractivity contribution in [3.63, 3.8) is 0 Å². The lowest BCUT2D eigenvalue weighted by atomic mass is 9.87. The summed E-state index contributed by atoms with van der Waals surface area (Å²) in [6, 6.07) is 30.2. The van der Waals surface area contributed by atoms with Crippen molar-refractivity contribution in [2.75, 3.05) is 0 Å². The third-order valence-electron chi connectivity index (χ3n) is 4.97. The second-order valence-electron chi connectivity index (χ2n) is 6.54. The Labute approximate surface area is 157 Å². The minimum absolute atomic E-state index is 0.676. The van der Waals surface area contributed by atoms with Gasteiger partial charge in [0.2, 0.25) is 0 Å². The fraction of sp³-hybridized carbons (Fsp3) is 0. The first kappa shape index (κ1) is 15.6. The monoisotopic (exact) mass is 348 g/mol. The molecule has 0 N–H and O–H groups in total. The molecule has 4 aromatic rings. The van der Waals surface area contributed by atoms with Crippen molar-refractivity contribution < 1.29 is 9.53 Å². The summed E-state index contributed by atoms with van der Waals surface area (Å²) >= 11 is 0. The van der Waals surface area contributed by atoms with Crippen molar-refractivity contribution in [1.29, 1.82) is 0 Å². The molecular formula is C25H16O2. The zero-order valence-electron chi connectivity index (χ0n) is 14.6. The third-order valence-corrected chi connectivity index (χ3v) is 4.97. The van der Waals surface area contributed by atoms with Gasteiger partial charge in [0, 0.05) is 22.1 Å². The number of carbonyl (C=O) groups excluding carboxylic acids is 1. The lowest BCUT2D eigenvalue weighted by molar-refractivity contribution is 0.112. The van der Waals surface area contributed by atoms with Crippen LogP contribution in [-0.4, -0.2) is 6.29 Å². The van der Waals surface area contributed by atoms with E-state index in [1.807, 2.05) is 60.7 Å². The fourth-order valence-corrected chi connectivity index (χ4v) is 3.76. The van der Waals surface area contributed by atoms with Crippen LogP contribution in [0, 0.1) is 0 Å². The fourth-order valence-electron chi connectivity index (χ4n) is 3.76. The molecule has 5 rings (SSSR count). The second kappa shape index (κ2) is 6.26. The Morgan fingerprint density at radius 2 is 1.37 bits per heavy atom. The molecule has 1 aliphatic heterocycles. The summed E-state index contributed by atoms with van der Waals surface area (Å²) < 4.78 is 6.42. The Morgan fingerprint density at radius 3 is 2.07 bits per heavy atom. The molecule has 27 heavy (non-hydrogen) atoms. The summed E-state index contributed by atoms with van der Waals surface area (Å²) in [6.45, 7) is 0. The highest BCUT2D eigenvalue weighted by Gasteiger charge is 2.25. The predicted octanol–water partition coefficient (Wildman–Crippen LogP) is 5.96. The van der Waals surface area contributed by atoms with Gasteiger partial charge >= 0.3 is 0 Å². The normalized spacial score (nSPS) is 12.7. The van der Waals surface area contributed by atoms with Crippen LogP contribution < -0.4 is 4.74 Å². The number of carbonyl (C=O) groups is 1. The summed E-state index contributed by atoms with van der Waals surface area (Å²) in [5.74, 6) is 1.62. The second-order valence-corrected chi connectivity index (χ2v) is 6.54. The molecule has 0 radical (unpaired) electrons. The van der Waals surface area contributed by atoms with Crippen LogP contribution in [0.4, 0.5) is 0 Å². The van der Waals surface area contributed by atoms with Crippen LogP contribution in [0.25, 0.3) is 22.1 Å². The van der Waals surface area contributed by atoms with Crippen LogP contribution >= 0.6 is 0 Å². The molecule has 0 unspecified atom stereocenters. The first-order chi connectivity index (χ1) is 13.4. The summed E-state index contributed by atoms with van der Waals surface area (Å²) in [4.78, 5) is 11.5. The SMILES string of the molecule is O=Cc1ccc2c3c(cccc13)C(c1ccccc1)=C(c1ccccc1)O2. The molecule has 0 fully saturated rings. The Balaban J connectivity index is 1.90. The predicted molar refractivity (Wildman–Crippen MR) is 109 cm³/mol. The van der Waals surface area contributed by atoms with Crippen molar-refractivity contribution >= 4 is 28.4 Å². The number of hydrogen-bond donors (Lipinski definition) is 0. The van der Waals surface area contributed by atoms with Gasteiger partial charge in [-0.1, -0.05) is 78.9 Å². The van der Waals surface area contributed by atoms with Gasteiger partial charge in [-0.15, -0.1) is 0 Å². The van der Waals surface area contributed by atoms with Gasteiger partial charge in [0.1, 0.15) is 11.5 Å². The molecule has 0 amide bonds.